The smallest absolute Gasteiger partial charge is 0.344 e. The first kappa shape index (κ1) is 12.0. The fraction of sp³-hybridized carbons (Fsp3) is 0. The van der Waals surface area contributed by atoms with E-state index in [1.54, 1.807) is 0 Å². The van der Waals surface area contributed by atoms with Crippen LogP contribution in [-0.2, 0) is 13.4 Å². The van der Waals surface area contributed by atoms with Gasteiger partial charge in [0.25, 0.3) is 0 Å². The zero-order valence-electron chi connectivity index (χ0n) is 4.22. The molecular formula is H7NO6P2. The first-order valence-corrected chi connectivity index (χ1v) is 4.19. The van der Waals surface area contributed by atoms with Crippen molar-refractivity contribution in [1.29, 1.82) is 0 Å². The molecule has 0 aromatic heterocycles. The van der Waals surface area contributed by atoms with Crippen LogP contribution >= 0.6 is 16.1 Å². The molecule has 0 aliphatic carbocycles. The molecule has 0 saturated carbocycles. The van der Waals surface area contributed by atoms with Crippen LogP contribution in [0.3, 0.4) is 0 Å². The van der Waals surface area contributed by atoms with Crippen LogP contribution in [0.25, 0.3) is 0 Å². The summed E-state index contributed by atoms with van der Waals surface area (Å²) in [6.45, 7) is 0. The van der Waals surface area contributed by atoms with E-state index in [0.717, 1.165) is 0 Å². The van der Waals surface area contributed by atoms with E-state index < -0.39 is 16.1 Å². The number of phosphoric acid groups is 1. The van der Waals surface area contributed by atoms with Gasteiger partial charge in [0.15, 0.2) is 0 Å². The van der Waals surface area contributed by atoms with Crippen LogP contribution < -0.4 is 6.15 Å². The SMILES string of the molecule is N.O=[PH](O)OP(=O)(O)O. The predicted octanol–water partition coefficient (Wildman–Crippen LogP) is -0.360. The average Bonchev–Trinajstić information content (AvgIpc) is 1.21. The maximum atomic E-state index is 9.58. The van der Waals surface area contributed by atoms with Crippen LogP contribution in [0.2, 0.25) is 0 Å². The first-order chi connectivity index (χ1) is 3.42. The van der Waals surface area contributed by atoms with E-state index in [0.29, 0.717) is 0 Å². The van der Waals surface area contributed by atoms with Crippen molar-refractivity contribution >= 4 is 16.1 Å². The lowest BCUT2D eigenvalue weighted by Gasteiger charge is -1.97. The van der Waals surface area contributed by atoms with Crippen LogP contribution in [0, 0.1) is 0 Å². The minimum absolute atomic E-state index is 0. The molecule has 9 heteroatoms. The van der Waals surface area contributed by atoms with Gasteiger partial charge in [-0.15, -0.1) is 0 Å². The molecule has 6 N–H and O–H groups in total. The second-order valence-electron chi connectivity index (χ2n) is 0.848. The molecule has 0 aliphatic heterocycles. The molecule has 0 fully saturated rings. The average molecular weight is 179 g/mol. The Hall–Kier alpha value is 0.260. The molecule has 1 atom stereocenters. The summed E-state index contributed by atoms with van der Waals surface area (Å²) in [5, 5.41) is 0. The lowest BCUT2D eigenvalue weighted by Crippen LogP contribution is -1.75. The number of hydrogen-bond acceptors (Lipinski definition) is 4. The fourth-order valence-corrected chi connectivity index (χ4v) is 0.916. The molecule has 0 aromatic rings. The van der Waals surface area contributed by atoms with Gasteiger partial charge in [0.1, 0.15) is 0 Å². The highest BCUT2D eigenvalue weighted by atomic mass is 31.2. The minimum Gasteiger partial charge on any atom is -0.344 e. The van der Waals surface area contributed by atoms with Gasteiger partial charge in [-0.3, -0.25) is 4.57 Å². The van der Waals surface area contributed by atoms with Gasteiger partial charge in [-0.25, -0.2) is 8.88 Å². The highest BCUT2D eigenvalue weighted by Crippen LogP contribution is 2.45. The third-order valence-electron chi connectivity index (χ3n) is 0.197. The Morgan fingerprint density at radius 3 is 1.78 bits per heavy atom. The molecular weight excluding hydrogens is 172 g/mol. The van der Waals surface area contributed by atoms with Crippen molar-refractivity contribution in [1.82, 2.24) is 6.15 Å². The van der Waals surface area contributed by atoms with Gasteiger partial charge in [0.2, 0.25) is 0 Å². The van der Waals surface area contributed by atoms with E-state index >= 15 is 0 Å². The molecule has 9 heavy (non-hydrogen) atoms. The lowest BCUT2D eigenvalue weighted by atomic mass is 14.0. The molecule has 0 radical (unpaired) electrons. The third kappa shape index (κ3) is 11.7. The Morgan fingerprint density at radius 1 is 1.44 bits per heavy atom. The van der Waals surface area contributed by atoms with Crippen molar-refractivity contribution in [2.75, 3.05) is 0 Å². The van der Waals surface area contributed by atoms with Crippen LogP contribution in [-0.4, -0.2) is 14.7 Å². The number of rotatable bonds is 2. The van der Waals surface area contributed by atoms with Crippen LogP contribution in [0.15, 0.2) is 0 Å². The molecule has 7 nitrogen and oxygen atoms in total. The van der Waals surface area contributed by atoms with Crippen molar-refractivity contribution in [2.45, 2.75) is 0 Å². The maximum absolute atomic E-state index is 9.58. The van der Waals surface area contributed by atoms with Crippen LogP contribution in [0.4, 0.5) is 0 Å². The van der Waals surface area contributed by atoms with E-state index in [1.807, 2.05) is 0 Å². The molecule has 0 spiro atoms. The van der Waals surface area contributed by atoms with Crippen LogP contribution in [0.5, 0.6) is 0 Å². The Kier molecular flexibility index (Phi) is 5.51. The highest BCUT2D eigenvalue weighted by Gasteiger charge is 2.15. The summed E-state index contributed by atoms with van der Waals surface area (Å²) < 4.78 is 22.3. The second-order valence-corrected chi connectivity index (χ2v) is 3.09. The van der Waals surface area contributed by atoms with Gasteiger partial charge >= 0.3 is 16.1 Å². The van der Waals surface area contributed by atoms with Gasteiger partial charge in [-0.1, -0.05) is 0 Å². The van der Waals surface area contributed by atoms with E-state index in [2.05, 4.69) is 4.31 Å². The Morgan fingerprint density at radius 2 is 1.78 bits per heavy atom. The first-order valence-electron chi connectivity index (χ1n) is 1.40. The summed E-state index contributed by atoms with van der Waals surface area (Å²) in [7, 11) is -8.24. The van der Waals surface area contributed by atoms with Gasteiger partial charge in [0, 0.05) is 0 Å². The maximum Gasteiger partial charge on any atom is 0.476 e. The van der Waals surface area contributed by atoms with Crippen molar-refractivity contribution in [3.63, 3.8) is 0 Å². The van der Waals surface area contributed by atoms with E-state index in [-0.39, 0.29) is 6.15 Å². The summed E-state index contributed by atoms with van der Waals surface area (Å²) in [5.41, 5.74) is 0. The molecule has 0 aromatic carbocycles. The van der Waals surface area contributed by atoms with Gasteiger partial charge in [-0.05, 0) is 0 Å². The van der Waals surface area contributed by atoms with Crippen molar-refractivity contribution in [3.05, 3.63) is 0 Å². The largest absolute Gasteiger partial charge is 0.476 e. The van der Waals surface area contributed by atoms with Crippen LogP contribution in [0.1, 0.15) is 0 Å². The van der Waals surface area contributed by atoms with Crippen molar-refractivity contribution in [2.24, 2.45) is 0 Å². The Balaban J connectivity index is 0. The fourth-order valence-electron chi connectivity index (χ4n) is 0.102. The molecule has 0 amide bonds. The monoisotopic (exact) mass is 179 g/mol. The zero-order chi connectivity index (χ0) is 6.78. The Bertz CT molecular complexity index is 134. The molecule has 0 bridgehead atoms. The standard InChI is InChI=1S/H3N.H4O6P2/c;1-7(2)6-8(3,4)5/h1H3;7H,(H,1,2)(H2,3,4,5). The van der Waals surface area contributed by atoms with E-state index in [9.17, 15) is 9.13 Å². The molecule has 0 saturated heterocycles. The van der Waals surface area contributed by atoms with Gasteiger partial charge < -0.3 is 20.8 Å². The summed E-state index contributed by atoms with van der Waals surface area (Å²) in [6, 6.07) is 0. The van der Waals surface area contributed by atoms with Gasteiger partial charge in [0.05, 0.1) is 0 Å². The summed E-state index contributed by atoms with van der Waals surface area (Å²) >= 11 is 0. The summed E-state index contributed by atoms with van der Waals surface area (Å²) in [4.78, 5) is 23.2. The molecule has 58 valence electrons. The highest BCUT2D eigenvalue weighted by molar-refractivity contribution is 7.54. The normalized spacial score (nSPS) is 14.1. The Labute approximate surface area is 51.4 Å². The van der Waals surface area contributed by atoms with Gasteiger partial charge in [-0.2, -0.15) is 0 Å². The van der Waals surface area contributed by atoms with E-state index in [1.165, 1.54) is 0 Å². The molecule has 0 heterocycles. The molecule has 0 aliphatic rings. The summed E-state index contributed by atoms with van der Waals surface area (Å²) in [6.07, 6.45) is 0. The third-order valence-corrected chi connectivity index (χ3v) is 1.77. The minimum atomic E-state index is -4.74. The quantitative estimate of drug-likeness (QED) is 0.424. The number of hydrogen-bond donors (Lipinski definition) is 4. The van der Waals surface area contributed by atoms with E-state index in [4.69, 9.17) is 14.7 Å². The second kappa shape index (κ2) is 4.14. The topological polar surface area (TPSA) is 139 Å². The molecule has 0 rings (SSSR count). The van der Waals surface area contributed by atoms with Crippen molar-refractivity contribution in [3.8, 4) is 0 Å². The van der Waals surface area contributed by atoms with Crippen molar-refractivity contribution < 1.29 is 28.1 Å². The lowest BCUT2D eigenvalue weighted by molar-refractivity contribution is 0.273. The molecule has 1 unspecified atom stereocenters. The predicted molar refractivity (Wildman–Crippen MR) is 29.4 cm³/mol. The zero-order valence-corrected chi connectivity index (χ0v) is 6.12. The summed E-state index contributed by atoms with van der Waals surface area (Å²) in [5.74, 6) is 0.